The molecular weight excluding hydrogens is 198 g/mol. The van der Waals surface area contributed by atoms with Crippen LogP contribution in [0, 0.1) is 17.8 Å². The smallest absolute Gasteiger partial charge is 0.0254 e. The van der Waals surface area contributed by atoms with Crippen LogP contribution in [0.1, 0.15) is 20.8 Å². The van der Waals surface area contributed by atoms with Crippen molar-refractivity contribution >= 4 is 0 Å². The molecule has 0 aromatic rings. The lowest BCUT2D eigenvalue weighted by molar-refractivity contribution is 0.218. The van der Waals surface area contributed by atoms with Crippen LogP contribution < -0.4 is 5.73 Å². The Labute approximate surface area is 101 Å². The van der Waals surface area contributed by atoms with Gasteiger partial charge in [-0.15, -0.1) is 0 Å². The third-order valence-electron chi connectivity index (χ3n) is 4.05. The summed E-state index contributed by atoms with van der Waals surface area (Å²) in [5.74, 6) is 2.12. The number of hydrogen-bond acceptors (Lipinski definition) is 3. The molecule has 1 heterocycles. The summed E-state index contributed by atoms with van der Waals surface area (Å²) in [7, 11) is 4.38. The molecule has 0 bridgehead atoms. The maximum atomic E-state index is 5.84. The molecule has 16 heavy (non-hydrogen) atoms. The Morgan fingerprint density at radius 3 is 2.31 bits per heavy atom. The van der Waals surface area contributed by atoms with Crippen LogP contribution in [-0.4, -0.2) is 56.1 Å². The molecule has 1 aliphatic rings. The Bertz CT molecular complexity index is 203. The van der Waals surface area contributed by atoms with Crippen molar-refractivity contribution in [3.63, 3.8) is 0 Å². The second kappa shape index (κ2) is 5.99. The van der Waals surface area contributed by atoms with Crippen LogP contribution in [0.2, 0.25) is 0 Å². The zero-order valence-corrected chi connectivity index (χ0v) is 11.6. The summed E-state index contributed by atoms with van der Waals surface area (Å²) in [5, 5.41) is 0. The van der Waals surface area contributed by atoms with Gasteiger partial charge < -0.3 is 15.5 Å². The summed E-state index contributed by atoms with van der Waals surface area (Å²) < 4.78 is 0. The van der Waals surface area contributed by atoms with Crippen LogP contribution in [-0.2, 0) is 0 Å². The molecule has 0 spiro atoms. The predicted molar refractivity (Wildman–Crippen MR) is 70.5 cm³/mol. The van der Waals surface area contributed by atoms with Crippen molar-refractivity contribution in [3.05, 3.63) is 0 Å². The van der Waals surface area contributed by atoms with Crippen molar-refractivity contribution in [2.45, 2.75) is 26.8 Å². The van der Waals surface area contributed by atoms with Crippen LogP contribution in [0.4, 0.5) is 0 Å². The summed E-state index contributed by atoms with van der Waals surface area (Å²) in [5.41, 5.74) is 5.84. The Balaban J connectivity index is 2.46. The van der Waals surface area contributed by atoms with Crippen molar-refractivity contribution in [1.82, 2.24) is 9.80 Å². The van der Waals surface area contributed by atoms with Crippen molar-refractivity contribution < 1.29 is 0 Å². The van der Waals surface area contributed by atoms with E-state index in [2.05, 4.69) is 44.7 Å². The van der Waals surface area contributed by atoms with Gasteiger partial charge in [-0.2, -0.15) is 0 Å². The number of nitrogens with two attached hydrogens (primary N) is 1. The second-order valence-electron chi connectivity index (χ2n) is 5.97. The number of rotatable bonds is 5. The van der Waals surface area contributed by atoms with Gasteiger partial charge in [0, 0.05) is 25.7 Å². The van der Waals surface area contributed by atoms with E-state index in [1.165, 1.54) is 19.6 Å². The standard InChI is InChI=1S/C13H29N3/c1-10(2)12(6-14)8-16-7-11(3)13(9-16)15(4)5/h10-13H,6-9,14H2,1-5H3. The zero-order chi connectivity index (χ0) is 12.3. The van der Waals surface area contributed by atoms with Crippen LogP contribution in [0.3, 0.4) is 0 Å². The Kier molecular flexibility index (Phi) is 5.22. The highest BCUT2D eigenvalue weighted by atomic mass is 15.2. The van der Waals surface area contributed by atoms with E-state index in [0.29, 0.717) is 17.9 Å². The summed E-state index contributed by atoms with van der Waals surface area (Å²) in [6.07, 6.45) is 0. The number of nitrogens with zero attached hydrogens (tertiary/aromatic N) is 2. The molecule has 1 aliphatic heterocycles. The summed E-state index contributed by atoms with van der Waals surface area (Å²) >= 11 is 0. The van der Waals surface area contributed by atoms with Crippen molar-refractivity contribution in [2.75, 3.05) is 40.3 Å². The van der Waals surface area contributed by atoms with Gasteiger partial charge in [-0.1, -0.05) is 20.8 Å². The largest absolute Gasteiger partial charge is 0.330 e. The average Bonchev–Trinajstić information content (AvgIpc) is 2.55. The molecule has 1 saturated heterocycles. The third kappa shape index (κ3) is 3.44. The molecule has 3 atom stereocenters. The van der Waals surface area contributed by atoms with Crippen LogP contribution in [0.5, 0.6) is 0 Å². The third-order valence-corrected chi connectivity index (χ3v) is 4.05. The molecule has 0 aliphatic carbocycles. The molecule has 1 fully saturated rings. The van der Waals surface area contributed by atoms with Gasteiger partial charge >= 0.3 is 0 Å². The lowest BCUT2D eigenvalue weighted by Gasteiger charge is -2.26. The van der Waals surface area contributed by atoms with Gasteiger partial charge in [0.2, 0.25) is 0 Å². The molecule has 0 saturated carbocycles. The van der Waals surface area contributed by atoms with Gasteiger partial charge in [-0.25, -0.2) is 0 Å². The average molecular weight is 227 g/mol. The fourth-order valence-electron chi connectivity index (χ4n) is 2.76. The first kappa shape index (κ1) is 13.9. The number of likely N-dealkylation sites (N-methyl/N-ethyl adjacent to an activating group) is 1. The molecule has 3 nitrogen and oxygen atoms in total. The van der Waals surface area contributed by atoms with Gasteiger partial charge in [0.25, 0.3) is 0 Å². The van der Waals surface area contributed by atoms with Crippen molar-refractivity contribution in [1.29, 1.82) is 0 Å². The fourth-order valence-corrected chi connectivity index (χ4v) is 2.76. The van der Waals surface area contributed by atoms with E-state index in [9.17, 15) is 0 Å². The Morgan fingerprint density at radius 1 is 1.31 bits per heavy atom. The van der Waals surface area contributed by atoms with E-state index >= 15 is 0 Å². The molecule has 0 amide bonds. The summed E-state index contributed by atoms with van der Waals surface area (Å²) in [6, 6.07) is 0.714. The van der Waals surface area contributed by atoms with Crippen molar-refractivity contribution in [3.8, 4) is 0 Å². The molecule has 0 aromatic carbocycles. The number of hydrogen-bond donors (Lipinski definition) is 1. The summed E-state index contributed by atoms with van der Waals surface area (Å²) in [4.78, 5) is 4.95. The Hall–Kier alpha value is -0.120. The van der Waals surface area contributed by atoms with E-state index in [0.717, 1.165) is 12.5 Å². The SMILES string of the molecule is CC(C)C(CN)CN1CC(C)C(N(C)C)C1. The second-order valence-corrected chi connectivity index (χ2v) is 5.97. The lowest BCUT2D eigenvalue weighted by atomic mass is 9.95. The molecule has 3 heteroatoms. The first-order valence-corrected chi connectivity index (χ1v) is 6.54. The van der Waals surface area contributed by atoms with Gasteiger partial charge in [-0.3, -0.25) is 0 Å². The molecule has 2 N–H and O–H groups in total. The molecule has 3 unspecified atom stereocenters. The molecule has 0 radical (unpaired) electrons. The first-order chi connectivity index (χ1) is 7.45. The van der Waals surface area contributed by atoms with Gasteiger partial charge in [0.15, 0.2) is 0 Å². The minimum atomic E-state index is 0.646. The van der Waals surface area contributed by atoms with Crippen LogP contribution in [0.15, 0.2) is 0 Å². The van der Waals surface area contributed by atoms with E-state index in [-0.39, 0.29) is 0 Å². The van der Waals surface area contributed by atoms with E-state index in [1.807, 2.05) is 0 Å². The first-order valence-electron chi connectivity index (χ1n) is 6.54. The van der Waals surface area contributed by atoms with Gasteiger partial charge in [-0.05, 0) is 38.4 Å². The highest BCUT2D eigenvalue weighted by Crippen LogP contribution is 2.22. The fraction of sp³-hybridized carbons (Fsp3) is 1.00. The Morgan fingerprint density at radius 2 is 1.94 bits per heavy atom. The van der Waals surface area contributed by atoms with Gasteiger partial charge in [0.1, 0.15) is 0 Å². The minimum absolute atomic E-state index is 0.646. The van der Waals surface area contributed by atoms with E-state index < -0.39 is 0 Å². The zero-order valence-electron chi connectivity index (χ0n) is 11.6. The van der Waals surface area contributed by atoms with Crippen molar-refractivity contribution in [2.24, 2.45) is 23.5 Å². The minimum Gasteiger partial charge on any atom is -0.330 e. The number of likely N-dealkylation sites (tertiary alicyclic amines) is 1. The molecule has 96 valence electrons. The van der Waals surface area contributed by atoms with Crippen LogP contribution >= 0.6 is 0 Å². The molecule has 1 rings (SSSR count). The normalized spacial score (nSPS) is 29.2. The molecule has 0 aromatic heterocycles. The monoisotopic (exact) mass is 227 g/mol. The van der Waals surface area contributed by atoms with E-state index in [1.54, 1.807) is 0 Å². The lowest BCUT2D eigenvalue weighted by Crippen LogP contribution is -2.37. The highest BCUT2D eigenvalue weighted by Gasteiger charge is 2.32. The van der Waals surface area contributed by atoms with Crippen LogP contribution in [0.25, 0.3) is 0 Å². The summed E-state index contributed by atoms with van der Waals surface area (Å²) in [6.45, 7) is 11.3. The maximum absolute atomic E-state index is 5.84. The quantitative estimate of drug-likeness (QED) is 0.763. The predicted octanol–water partition coefficient (Wildman–Crippen LogP) is 1.10. The topological polar surface area (TPSA) is 32.5 Å². The maximum Gasteiger partial charge on any atom is 0.0254 e. The highest BCUT2D eigenvalue weighted by molar-refractivity contribution is 4.87. The molecular formula is C13H29N3. The van der Waals surface area contributed by atoms with E-state index in [4.69, 9.17) is 5.73 Å². The van der Waals surface area contributed by atoms with Gasteiger partial charge in [0.05, 0.1) is 0 Å².